The Kier molecular flexibility index (Phi) is 4.94. The quantitative estimate of drug-likeness (QED) is 0.766. The fraction of sp³-hybridized carbons (Fsp3) is 0.231. The molecule has 4 nitrogen and oxygen atoms in total. The molecule has 1 aromatic rings. The standard InChI is InChI=1S/C13H14O4/c1-17-12-4-2-3-10(9-12)5-6-11(14)7-8-13(15)16/h2-6,9H,7-8H2,1H3,(H,15,16). The van der Waals surface area contributed by atoms with E-state index >= 15 is 0 Å². The number of rotatable bonds is 6. The van der Waals surface area contributed by atoms with Gasteiger partial charge in [0, 0.05) is 6.42 Å². The van der Waals surface area contributed by atoms with Crippen LogP contribution in [-0.2, 0) is 9.59 Å². The van der Waals surface area contributed by atoms with Crippen molar-refractivity contribution in [1.82, 2.24) is 0 Å². The predicted octanol–water partition coefficient (Wildman–Crippen LogP) is 2.14. The number of benzene rings is 1. The van der Waals surface area contributed by atoms with Gasteiger partial charge in [0.15, 0.2) is 5.78 Å². The predicted molar refractivity (Wildman–Crippen MR) is 63.9 cm³/mol. The summed E-state index contributed by atoms with van der Waals surface area (Å²) < 4.78 is 5.04. The van der Waals surface area contributed by atoms with E-state index in [1.165, 1.54) is 6.08 Å². The van der Waals surface area contributed by atoms with Gasteiger partial charge in [0.1, 0.15) is 5.75 Å². The highest BCUT2D eigenvalue weighted by Gasteiger charge is 2.01. The minimum Gasteiger partial charge on any atom is -0.497 e. The van der Waals surface area contributed by atoms with Gasteiger partial charge in [0.25, 0.3) is 0 Å². The Bertz CT molecular complexity index is 435. The summed E-state index contributed by atoms with van der Waals surface area (Å²) in [6, 6.07) is 7.26. The van der Waals surface area contributed by atoms with Crippen molar-refractivity contribution in [2.45, 2.75) is 12.8 Å². The summed E-state index contributed by atoms with van der Waals surface area (Å²) in [5, 5.41) is 8.42. The van der Waals surface area contributed by atoms with Gasteiger partial charge in [-0.25, -0.2) is 0 Å². The number of ether oxygens (including phenoxy) is 1. The first-order chi connectivity index (χ1) is 8.11. The number of carbonyl (C=O) groups excluding carboxylic acids is 1. The van der Waals surface area contributed by atoms with Crippen molar-refractivity contribution < 1.29 is 19.4 Å². The van der Waals surface area contributed by atoms with Crippen LogP contribution in [0, 0.1) is 0 Å². The van der Waals surface area contributed by atoms with Crippen molar-refractivity contribution in [2.24, 2.45) is 0 Å². The number of aliphatic carboxylic acids is 1. The van der Waals surface area contributed by atoms with Crippen LogP contribution in [0.1, 0.15) is 18.4 Å². The van der Waals surface area contributed by atoms with Crippen molar-refractivity contribution in [3.63, 3.8) is 0 Å². The van der Waals surface area contributed by atoms with Crippen LogP contribution in [0.5, 0.6) is 5.75 Å². The van der Waals surface area contributed by atoms with Crippen LogP contribution in [0.15, 0.2) is 30.3 Å². The number of ketones is 1. The molecule has 0 radical (unpaired) electrons. The fourth-order valence-corrected chi connectivity index (χ4v) is 1.25. The largest absolute Gasteiger partial charge is 0.497 e. The van der Waals surface area contributed by atoms with Gasteiger partial charge in [-0.15, -0.1) is 0 Å². The summed E-state index contributed by atoms with van der Waals surface area (Å²) in [5.74, 6) is -0.450. The van der Waals surface area contributed by atoms with Crippen LogP contribution in [0.2, 0.25) is 0 Å². The molecule has 1 N–H and O–H groups in total. The van der Waals surface area contributed by atoms with Gasteiger partial charge in [0.05, 0.1) is 13.5 Å². The van der Waals surface area contributed by atoms with E-state index in [0.29, 0.717) is 5.75 Å². The van der Waals surface area contributed by atoms with Crippen LogP contribution in [0.25, 0.3) is 6.08 Å². The molecular formula is C13H14O4. The first kappa shape index (κ1) is 13.0. The maximum atomic E-state index is 11.3. The SMILES string of the molecule is COc1cccc(C=CC(=O)CCC(=O)O)c1. The zero-order valence-corrected chi connectivity index (χ0v) is 9.55. The average Bonchev–Trinajstić information content (AvgIpc) is 2.34. The molecule has 17 heavy (non-hydrogen) atoms. The molecule has 0 heterocycles. The topological polar surface area (TPSA) is 63.6 Å². The molecule has 0 bridgehead atoms. The van der Waals surface area contributed by atoms with Crippen LogP contribution in [0.3, 0.4) is 0 Å². The van der Waals surface area contributed by atoms with Gasteiger partial charge in [0.2, 0.25) is 0 Å². The molecular weight excluding hydrogens is 220 g/mol. The fourth-order valence-electron chi connectivity index (χ4n) is 1.25. The number of carbonyl (C=O) groups is 2. The Morgan fingerprint density at radius 2 is 2.12 bits per heavy atom. The van der Waals surface area contributed by atoms with Crippen molar-refractivity contribution in [2.75, 3.05) is 7.11 Å². The van der Waals surface area contributed by atoms with Crippen LogP contribution >= 0.6 is 0 Å². The smallest absolute Gasteiger partial charge is 0.303 e. The molecule has 0 aliphatic rings. The molecule has 0 atom stereocenters. The van der Waals surface area contributed by atoms with E-state index in [-0.39, 0.29) is 18.6 Å². The van der Waals surface area contributed by atoms with E-state index in [0.717, 1.165) is 5.56 Å². The molecule has 0 unspecified atom stereocenters. The normalized spacial score (nSPS) is 10.4. The van der Waals surface area contributed by atoms with Gasteiger partial charge >= 0.3 is 5.97 Å². The number of carboxylic acid groups (broad SMARTS) is 1. The summed E-state index contributed by atoms with van der Waals surface area (Å²) >= 11 is 0. The molecule has 90 valence electrons. The second kappa shape index (κ2) is 6.48. The highest BCUT2D eigenvalue weighted by atomic mass is 16.5. The highest BCUT2D eigenvalue weighted by molar-refractivity contribution is 5.95. The second-order valence-electron chi connectivity index (χ2n) is 3.47. The maximum Gasteiger partial charge on any atom is 0.303 e. The third-order valence-electron chi connectivity index (χ3n) is 2.14. The van der Waals surface area contributed by atoms with Crippen LogP contribution in [0.4, 0.5) is 0 Å². The third-order valence-corrected chi connectivity index (χ3v) is 2.14. The Hall–Kier alpha value is -2.10. The summed E-state index contributed by atoms with van der Waals surface area (Å²) in [4.78, 5) is 21.6. The first-order valence-corrected chi connectivity index (χ1v) is 5.18. The summed E-state index contributed by atoms with van der Waals surface area (Å²) in [7, 11) is 1.57. The first-order valence-electron chi connectivity index (χ1n) is 5.18. The van der Waals surface area contributed by atoms with Gasteiger partial charge in [-0.3, -0.25) is 9.59 Å². The molecule has 0 amide bonds. The second-order valence-corrected chi connectivity index (χ2v) is 3.47. The molecule has 0 aliphatic heterocycles. The number of hydrogen-bond acceptors (Lipinski definition) is 3. The van der Waals surface area contributed by atoms with Gasteiger partial charge in [-0.1, -0.05) is 18.2 Å². The lowest BCUT2D eigenvalue weighted by molar-refractivity contribution is -0.138. The third kappa shape index (κ3) is 4.97. The Morgan fingerprint density at radius 1 is 1.35 bits per heavy atom. The van der Waals surface area contributed by atoms with Crippen LogP contribution < -0.4 is 4.74 Å². The van der Waals surface area contributed by atoms with Gasteiger partial charge in [-0.2, -0.15) is 0 Å². The summed E-state index contributed by atoms with van der Waals surface area (Å²) in [6.07, 6.45) is 2.92. The lowest BCUT2D eigenvalue weighted by Crippen LogP contribution is -1.99. The van der Waals surface area contributed by atoms with E-state index in [2.05, 4.69) is 0 Å². The maximum absolute atomic E-state index is 11.3. The molecule has 1 rings (SSSR count). The van der Waals surface area contributed by atoms with E-state index in [1.54, 1.807) is 19.3 Å². The average molecular weight is 234 g/mol. The number of carboxylic acids is 1. The molecule has 0 saturated carbocycles. The molecule has 1 aromatic carbocycles. The minimum atomic E-state index is -0.965. The zero-order chi connectivity index (χ0) is 12.7. The van der Waals surface area contributed by atoms with E-state index < -0.39 is 5.97 Å². The van der Waals surface area contributed by atoms with Gasteiger partial charge < -0.3 is 9.84 Å². The summed E-state index contributed by atoms with van der Waals surface area (Å²) in [5.41, 5.74) is 0.841. The Balaban J connectivity index is 2.57. The number of methoxy groups -OCH3 is 1. The Morgan fingerprint density at radius 3 is 2.76 bits per heavy atom. The molecule has 0 saturated heterocycles. The highest BCUT2D eigenvalue weighted by Crippen LogP contribution is 2.13. The number of hydrogen-bond donors (Lipinski definition) is 1. The van der Waals surface area contributed by atoms with E-state index in [4.69, 9.17) is 9.84 Å². The Labute approximate surface area is 99.5 Å². The monoisotopic (exact) mass is 234 g/mol. The zero-order valence-electron chi connectivity index (χ0n) is 9.55. The van der Waals surface area contributed by atoms with Crippen molar-refractivity contribution in [1.29, 1.82) is 0 Å². The lowest BCUT2D eigenvalue weighted by atomic mass is 10.1. The minimum absolute atomic E-state index is 0.0236. The van der Waals surface area contributed by atoms with E-state index in [1.807, 2.05) is 18.2 Å². The molecule has 0 aliphatic carbocycles. The molecule has 4 heteroatoms. The van der Waals surface area contributed by atoms with Crippen molar-refractivity contribution >= 4 is 17.8 Å². The number of allylic oxidation sites excluding steroid dienone is 1. The van der Waals surface area contributed by atoms with Crippen molar-refractivity contribution in [3.05, 3.63) is 35.9 Å². The summed E-state index contributed by atoms with van der Waals surface area (Å²) in [6.45, 7) is 0. The molecule has 0 spiro atoms. The lowest BCUT2D eigenvalue weighted by Gasteiger charge is -1.99. The van der Waals surface area contributed by atoms with Crippen molar-refractivity contribution in [3.8, 4) is 5.75 Å². The van der Waals surface area contributed by atoms with Crippen LogP contribution in [-0.4, -0.2) is 24.0 Å². The molecule has 0 aromatic heterocycles. The van der Waals surface area contributed by atoms with Gasteiger partial charge in [-0.05, 0) is 23.8 Å². The molecule has 0 fully saturated rings. The van der Waals surface area contributed by atoms with E-state index in [9.17, 15) is 9.59 Å².